The van der Waals surface area contributed by atoms with E-state index in [0.717, 1.165) is 0 Å². The molecule has 1 fully saturated rings. The highest BCUT2D eigenvalue weighted by molar-refractivity contribution is 7.89. The summed E-state index contributed by atoms with van der Waals surface area (Å²) in [6.45, 7) is 1.23. The van der Waals surface area contributed by atoms with Crippen molar-refractivity contribution in [3.05, 3.63) is 64.6 Å². The smallest absolute Gasteiger partial charge is 0.379 e. The quantitative estimate of drug-likeness (QED) is 0.623. The predicted octanol–water partition coefficient (Wildman–Crippen LogP) is 1.30. The molecule has 1 saturated heterocycles. The van der Waals surface area contributed by atoms with E-state index in [-0.39, 0.29) is 29.4 Å². The fraction of sp³-hybridized carbons (Fsp3) is 0.211. The van der Waals surface area contributed by atoms with E-state index < -0.39 is 21.7 Å². The van der Waals surface area contributed by atoms with Crippen molar-refractivity contribution < 1.29 is 22.5 Å². The maximum atomic E-state index is 12.8. The number of hydrogen-bond donors (Lipinski definition) is 2. The zero-order valence-corrected chi connectivity index (χ0v) is 16.5. The molecule has 2 aromatic carbocycles. The highest BCUT2D eigenvalue weighted by atomic mass is 32.2. The third kappa shape index (κ3) is 4.17. The normalized spacial score (nSPS) is 15.1. The largest absolute Gasteiger partial charge is 0.439 e. The summed E-state index contributed by atoms with van der Waals surface area (Å²) in [5.74, 6) is -0.924. The van der Waals surface area contributed by atoms with Gasteiger partial charge in [-0.05, 0) is 30.3 Å². The van der Waals surface area contributed by atoms with E-state index in [9.17, 15) is 18.0 Å². The van der Waals surface area contributed by atoms with Gasteiger partial charge in [-0.1, -0.05) is 23.4 Å². The minimum Gasteiger partial charge on any atom is -0.379 e. The van der Waals surface area contributed by atoms with Crippen LogP contribution in [0.2, 0.25) is 0 Å². The van der Waals surface area contributed by atoms with Gasteiger partial charge in [0.05, 0.1) is 18.1 Å². The number of nitrogens with one attached hydrogen (secondary N) is 2. The Labute approximate surface area is 171 Å². The molecule has 2 N–H and O–H groups in total. The number of nitrogens with zero attached hydrogens (tertiary/aromatic N) is 2. The van der Waals surface area contributed by atoms with Crippen molar-refractivity contribution in [1.29, 1.82) is 0 Å². The first-order valence-corrected chi connectivity index (χ1v) is 10.5. The van der Waals surface area contributed by atoms with Crippen LogP contribution in [0.25, 0.3) is 11.4 Å². The maximum Gasteiger partial charge on any atom is 0.439 e. The molecule has 0 spiro atoms. The van der Waals surface area contributed by atoms with Gasteiger partial charge < -0.3 is 10.1 Å². The number of H-pyrrole nitrogens is 1. The summed E-state index contributed by atoms with van der Waals surface area (Å²) in [4.78, 5) is 26.3. The van der Waals surface area contributed by atoms with Gasteiger partial charge in [-0.15, -0.1) is 0 Å². The van der Waals surface area contributed by atoms with E-state index >= 15 is 0 Å². The molecule has 11 heteroatoms. The molecule has 2 heterocycles. The molecule has 0 aliphatic carbocycles. The van der Waals surface area contributed by atoms with Crippen LogP contribution >= 0.6 is 0 Å². The lowest BCUT2D eigenvalue weighted by atomic mass is 10.1. The molecule has 1 aromatic heterocycles. The fourth-order valence-electron chi connectivity index (χ4n) is 3.04. The summed E-state index contributed by atoms with van der Waals surface area (Å²) < 4.78 is 36.7. The van der Waals surface area contributed by atoms with Gasteiger partial charge in [-0.25, -0.2) is 13.2 Å². The molecule has 3 aromatic rings. The summed E-state index contributed by atoms with van der Waals surface area (Å²) in [5.41, 5.74) is 1.19. The van der Waals surface area contributed by atoms with Gasteiger partial charge in [0, 0.05) is 29.9 Å². The number of carbonyl (C=O) groups excluding carboxylic acids is 1. The Morgan fingerprint density at radius 2 is 1.87 bits per heavy atom. The highest BCUT2D eigenvalue weighted by Crippen LogP contribution is 2.21. The Bertz CT molecular complexity index is 1230. The van der Waals surface area contributed by atoms with Crippen LogP contribution in [0.3, 0.4) is 0 Å². The molecular weight excluding hydrogens is 412 g/mol. The van der Waals surface area contributed by atoms with Crippen LogP contribution in [0.5, 0.6) is 0 Å². The lowest BCUT2D eigenvalue weighted by molar-refractivity contribution is 0.0730. The first kappa shape index (κ1) is 20.0. The van der Waals surface area contributed by atoms with E-state index in [1.54, 1.807) is 24.3 Å². The SMILES string of the molecule is O=C(Nc1cccc(-c2noc(=O)[nH]2)c1)c1cccc(S(=O)(=O)N2CCOCC2)c1. The van der Waals surface area contributed by atoms with Gasteiger partial charge in [-0.3, -0.25) is 14.3 Å². The highest BCUT2D eigenvalue weighted by Gasteiger charge is 2.26. The second kappa shape index (κ2) is 8.22. The predicted molar refractivity (Wildman–Crippen MR) is 107 cm³/mol. The van der Waals surface area contributed by atoms with E-state index in [4.69, 9.17) is 4.74 Å². The van der Waals surface area contributed by atoms with Crippen LogP contribution in [0.4, 0.5) is 5.69 Å². The van der Waals surface area contributed by atoms with Crippen molar-refractivity contribution in [2.24, 2.45) is 0 Å². The van der Waals surface area contributed by atoms with Crippen LogP contribution in [0.15, 0.2) is 62.7 Å². The lowest BCUT2D eigenvalue weighted by Gasteiger charge is -2.26. The molecule has 0 atom stereocenters. The Hall–Kier alpha value is -3.28. The summed E-state index contributed by atoms with van der Waals surface area (Å²) in [6.07, 6.45) is 0. The van der Waals surface area contributed by atoms with Crippen LogP contribution in [-0.2, 0) is 14.8 Å². The Morgan fingerprint density at radius 1 is 1.10 bits per heavy atom. The third-order valence-corrected chi connectivity index (χ3v) is 6.43. The number of carbonyl (C=O) groups is 1. The third-order valence-electron chi connectivity index (χ3n) is 4.54. The number of ether oxygens (including phenoxy) is 1. The summed E-state index contributed by atoms with van der Waals surface area (Å²) in [5, 5.41) is 6.33. The number of aromatic nitrogens is 2. The molecule has 10 nitrogen and oxygen atoms in total. The summed E-state index contributed by atoms with van der Waals surface area (Å²) in [6, 6.07) is 12.5. The molecule has 1 amide bonds. The number of sulfonamides is 1. The second-order valence-electron chi connectivity index (χ2n) is 6.52. The summed E-state index contributed by atoms with van der Waals surface area (Å²) in [7, 11) is -3.71. The first-order chi connectivity index (χ1) is 14.4. The van der Waals surface area contributed by atoms with Crippen molar-refractivity contribution in [1.82, 2.24) is 14.4 Å². The van der Waals surface area contributed by atoms with E-state index in [1.807, 2.05) is 0 Å². The standard InChI is InChI=1S/C19H18N4O6S/c24-18(20-15-5-1-3-13(11-15)17-21-19(25)29-22-17)14-4-2-6-16(12-14)30(26,27)23-7-9-28-10-8-23/h1-6,11-12H,7-10H2,(H,20,24)(H,21,22,25). The maximum absolute atomic E-state index is 12.8. The van der Waals surface area contributed by atoms with Gasteiger partial charge in [0.1, 0.15) is 0 Å². The van der Waals surface area contributed by atoms with Crippen molar-refractivity contribution in [2.45, 2.75) is 4.90 Å². The second-order valence-corrected chi connectivity index (χ2v) is 8.46. The average molecular weight is 430 g/mol. The molecule has 30 heavy (non-hydrogen) atoms. The molecule has 0 bridgehead atoms. The van der Waals surface area contributed by atoms with Crippen LogP contribution in [0.1, 0.15) is 10.4 Å². The van der Waals surface area contributed by atoms with E-state index in [0.29, 0.717) is 24.5 Å². The van der Waals surface area contributed by atoms with Gasteiger partial charge in [-0.2, -0.15) is 4.31 Å². The molecule has 156 valence electrons. The molecule has 1 aliphatic heterocycles. The van der Waals surface area contributed by atoms with Crippen LogP contribution in [0, 0.1) is 0 Å². The van der Waals surface area contributed by atoms with Crippen LogP contribution in [-0.4, -0.2) is 55.1 Å². The van der Waals surface area contributed by atoms with Gasteiger partial charge >= 0.3 is 5.76 Å². The summed E-state index contributed by atoms with van der Waals surface area (Å²) >= 11 is 0. The molecule has 1 aliphatic rings. The number of amides is 1. The zero-order chi connectivity index (χ0) is 21.1. The minimum absolute atomic E-state index is 0.0472. The lowest BCUT2D eigenvalue weighted by Crippen LogP contribution is -2.40. The Morgan fingerprint density at radius 3 is 2.60 bits per heavy atom. The number of anilines is 1. The van der Waals surface area contributed by atoms with Crippen molar-refractivity contribution in [2.75, 3.05) is 31.6 Å². The number of benzene rings is 2. The number of morpholine rings is 1. The molecular formula is C19H18N4O6S. The number of aromatic amines is 1. The van der Waals surface area contributed by atoms with Gasteiger partial charge in [0.15, 0.2) is 5.82 Å². The van der Waals surface area contributed by atoms with Crippen LogP contribution < -0.4 is 11.1 Å². The average Bonchev–Trinajstić information content (AvgIpc) is 3.21. The first-order valence-electron chi connectivity index (χ1n) is 9.09. The minimum atomic E-state index is -3.71. The van der Waals surface area contributed by atoms with Crippen molar-refractivity contribution in [3.63, 3.8) is 0 Å². The Kier molecular flexibility index (Phi) is 5.48. The fourth-order valence-corrected chi connectivity index (χ4v) is 4.49. The molecule has 4 rings (SSSR count). The van der Waals surface area contributed by atoms with Crippen molar-refractivity contribution >= 4 is 21.6 Å². The number of hydrogen-bond acceptors (Lipinski definition) is 7. The van der Waals surface area contributed by atoms with Gasteiger partial charge in [0.25, 0.3) is 5.91 Å². The number of rotatable bonds is 5. The topological polar surface area (TPSA) is 135 Å². The van der Waals surface area contributed by atoms with E-state index in [2.05, 4.69) is 20.0 Å². The molecule has 0 radical (unpaired) electrons. The molecule has 0 saturated carbocycles. The van der Waals surface area contributed by atoms with E-state index in [1.165, 1.54) is 28.6 Å². The Balaban J connectivity index is 1.55. The monoisotopic (exact) mass is 430 g/mol. The van der Waals surface area contributed by atoms with Crippen molar-refractivity contribution in [3.8, 4) is 11.4 Å². The zero-order valence-electron chi connectivity index (χ0n) is 15.7. The molecule has 0 unspecified atom stereocenters. The van der Waals surface area contributed by atoms with Gasteiger partial charge in [0.2, 0.25) is 10.0 Å².